The second-order valence-corrected chi connectivity index (χ2v) is 3.93. The Morgan fingerprint density at radius 2 is 2.00 bits per heavy atom. The van der Waals surface area contributed by atoms with Gasteiger partial charge in [0.1, 0.15) is 0 Å². The number of hydrogen-bond acceptors (Lipinski definition) is 3. The summed E-state index contributed by atoms with van der Waals surface area (Å²) in [5.41, 5.74) is 1.62. The molecule has 0 unspecified atom stereocenters. The first-order valence-corrected chi connectivity index (χ1v) is 6.12. The maximum Gasteiger partial charge on any atom is 0.410 e. The summed E-state index contributed by atoms with van der Waals surface area (Å²) in [6.07, 6.45) is 0.596. The summed E-state index contributed by atoms with van der Waals surface area (Å²) in [4.78, 5) is 13.4. The first-order chi connectivity index (χ1) is 8.71. The molecule has 0 N–H and O–H groups in total. The Balaban J connectivity index is 2.70. The van der Waals surface area contributed by atoms with Gasteiger partial charge < -0.3 is 9.64 Å². The molecule has 0 spiro atoms. The number of ether oxygens (including phenoxy) is 1. The van der Waals surface area contributed by atoms with E-state index in [4.69, 9.17) is 10.00 Å². The summed E-state index contributed by atoms with van der Waals surface area (Å²) in [6.45, 7) is 5.37. The molecule has 4 heteroatoms. The van der Waals surface area contributed by atoms with Gasteiger partial charge in [0.2, 0.25) is 0 Å². The molecule has 4 nitrogen and oxygen atoms in total. The minimum Gasteiger partial charge on any atom is -0.450 e. The van der Waals surface area contributed by atoms with Crippen molar-refractivity contribution in [1.29, 1.82) is 5.26 Å². The van der Waals surface area contributed by atoms with Crippen LogP contribution in [0.15, 0.2) is 24.3 Å². The van der Waals surface area contributed by atoms with Crippen LogP contribution >= 0.6 is 0 Å². The van der Waals surface area contributed by atoms with Gasteiger partial charge in [0, 0.05) is 13.1 Å². The number of nitriles is 1. The first-order valence-electron chi connectivity index (χ1n) is 6.12. The molecule has 0 fully saturated rings. The van der Waals surface area contributed by atoms with Gasteiger partial charge >= 0.3 is 6.09 Å². The molecule has 0 radical (unpaired) electrons. The Labute approximate surface area is 108 Å². The molecule has 0 bridgehead atoms. The standard InChI is InChI=1S/C14H18N2O2/c1-3-9-16(14(17)18-4-2)11-13-7-5-12(10-15)6-8-13/h5-8H,3-4,9,11H2,1-2H3. The van der Waals surface area contributed by atoms with Crippen molar-refractivity contribution in [2.24, 2.45) is 0 Å². The number of benzene rings is 1. The quantitative estimate of drug-likeness (QED) is 0.802. The van der Waals surface area contributed by atoms with E-state index in [1.54, 1.807) is 24.0 Å². The van der Waals surface area contributed by atoms with Crippen molar-refractivity contribution in [2.75, 3.05) is 13.2 Å². The van der Waals surface area contributed by atoms with Crippen LogP contribution in [0.5, 0.6) is 0 Å². The normalized spacial score (nSPS) is 9.61. The van der Waals surface area contributed by atoms with Gasteiger partial charge in [-0.25, -0.2) is 4.79 Å². The molecule has 0 aliphatic carbocycles. The zero-order chi connectivity index (χ0) is 13.4. The lowest BCUT2D eigenvalue weighted by molar-refractivity contribution is 0.104. The maximum atomic E-state index is 11.7. The number of hydrogen-bond donors (Lipinski definition) is 0. The lowest BCUT2D eigenvalue weighted by atomic mass is 10.1. The van der Waals surface area contributed by atoms with Crippen LogP contribution in [-0.4, -0.2) is 24.1 Å². The molecule has 1 rings (SSSR count). The lowest BCUT2D eigenvalue weighted by Crippen LogP contribution is -2.31. The molecule has 0 heterocycles. The van der Waals surface area contributed by atoms with Crippen molar-refractivity contribution in [3.63, 3.8) is 0 Å². The number of amides is 1. The van der Waals surface area contributed by atoms with Crippen LogP contribution in [0.25, 0.3) is 0 Å². The van der Waals surface area contributed by atoms with Crippen LogP contribution in [0.4, 0.5) is 4.79 Å². The Morgan fingerprint density at radius 1 is 1.33 bits per heavy atom. The van der Waals surface area contributed by atoms with Gasteiger partial charge in [-0.2, -0.15) is 5.26 Å². The highest BCUT2D eigenvalue weighted by Gasteiger charge is 2.13. The van der Waals surface area contributed by atoms with Crippen molar-refractivity contribution < 1.29 is 9.53 Å². The zero-order valence-corrected chi connectivity index (χ0v) is 10.8. The van der Waals surface area contributed by atoms with Crippen LogP contribution in [0, 0.1) is 11.3 Å². The van der Waals surface area contributed by atoms with Gasteiger partial charge in [-0.15, -0.1) is 0 Å². The van der Waals surface area contributed by atoms with Crippen LogP contribution in [0.1, 0.15) is 31.4 Å². The largest absolute Gasteiger partial charge is 0.450 e. The molecule has 0 aliphatic heterocycles. The van der Waals surface area contributed by atoms with Crippen LogP contribution in [-0.2, 0) is 11.3 Å². The Hall–Kier alpha value is -2.02. The number of nitrogens with zero attached hydrogens (tertiary/aromatic N) is 2. The van der Waals surface area contributed by atoms with Gasteiger partial charge in [0.25, 0.3) is 0 Å². The maximum absolute atomic E-state index is 11.7. The predicted molar refractivity (Wildman–Crippen MR) is 68.9 cm³/mol. The summed E-state index contributed by atoms with van der Waals surface area (Å²) < 4.78 is 5.01. The number of rotatable bonds is 5. The molecule has 1 aromatic carbocycles. The average Bonchev–Trinajstić information content (AvgIpc) is 2.39. The van der Waals surface area contributed by atoms with E-state index in [0.29, 0.717) is 25.3 Å². The molecule has 0 saturated heterocycles. The van der Waals surface area contributed by atoms with Crippen LogP contribution in [0.2, 0.25) is 0 Å². The summed E-state index contributed by atoms with van der Waals surface area (Å²) in [5.74, 6) is 0. The van der Waals surface area contributed by atoms with E-state index in [9.17, 15) is 4.79 Å². The second kappa shape index (κ2) is 7.33. The van der Waals surface area contributed by atoms with E-state index >= 15 is 0 Å². The topological polar surface area (TPSA) is 53.3 Å². The predicted octanol–water partition coefficient (Wildman–Crippen LogP) is 2.93. The van der Waals surface area contributed by atoms with E-state index in [1.165, 1.54) is 0 Å². The van der Waals surface area contributed by atoms with E-state index in [0.717, 1.165) is 12.0 Å². The van der Waals surface area contributed by atoms with Gasteiger partial charge in [0.15, 0.2) is 0 Å². The summed E-state index contributed by atoms with van der Waals surface area (Å²) in [7, 11) is 0. The lowest BCUT2D eigenvalue weighted by Gasteiger charge is -2.21. The third-order valence-electron chi connectivity index (χ3n) is 2.48. The molecular formula is C14H18N2O2. The average molecular weight is 246 g/mol. The zero-order valence-electron chi connectivity index (χ0n) is 10.8. The van der Waals surface area contributed by atoms with Gasteiger partial charge in [-0.1, -0.05) is 19.1 Å². The van der Waals surface area contributed by atoms with Gasteiger partial charge in [-0.3, -0.25) is 0 Å². The van der Waals surface area contributed by atoms with Crippen molar-refractivity contribution in [3.8, 4) is 6.07 Å². The fourth-order valence-corrected chi connectivity index (χ4v) is 1.62. The highest BCUT2D eigenvalue weighted by Crippen LogP contribution is 2.09. The van der Waals surface area contributed by atoms with E-state index in [2.05, 4.69) is 6.07 Å². The molecule has 0 aromatic heterocycles. The molecule has 1 amide bonds. The molecular weight excluding hydrogens is 228 g/mol. The van der Waals surface area contributed by atoms with Crippen LogP contribution in [0.3, 0.4) is 0 Å². The Morgan fingerprint density at radius 3 is 2.50 bits per heavy atom. The highest BCUT2D eigenvalue weighted by molar-refractivity contribution is 5.67. The highest BCUT2D eigenvalue weighted by atomic mass is 16.6. The molecule has 1 aromatic rings. The van der Waals surface area contributed by atoms with Crippen molar-refractivity contribution in [3.05, 3.63) is 35.4 Å². The van der Waals surface area contributed by atoms with E-state index < -0.39 is 0 Å². The fraction of sp³-hybridized carbons (Fsp3) is 0.429. The van der Waals surface area contributed by atoms with E-state index in [-0.39, 0.29) is 6.09 Å². The first kappa shape index (κ1) is 14.0. The Kier molecular flexibility index (Phi) is 5.72. The molecule has 0 atom stereocenters. The summed E-state index contributed by atoms with van der Waals surface area (Å²) in [5, 5.41) is 8.72. The number of carbonyl (C=O) groups excluding carboxylic acids is 1. The fourth-order valence-electron chi connectivity index (χ4n) is 1.62. The number of carbonyl (C=O) groups is 1. The third kappa shape index (κ3) is 4.10. The molecule has 0 aliphatic rings. The smallest absolute Gasteiger partial charge is 0.410 e. The molecule has 96 valence electrons. The third-order valence-corrected chi connectivity index (χ3v) is 2.48. The SMILES string of the molecule is CCCN(Cc1ccc(C#N)cc1)C(=O)OCC. The van der Waals surface area contributed by atoms with Crippen molar-refractivity contribution in [2.45, 2.75) is 26.8 Å². The minimum atomic E-state index is -0.288. The second-order valence-electron chi connectivity index (χ2n) is 3.93. The van der Waals surface area contributed by atoms with Crippen molar-refractivity contribution in [1.82, 2.24) is 4.90 Å². The monoisotopic (exact) mass is 246 g/mol. The summed E-state index contributed by atoms with van der Waals surface area (Å²) >= 11 is 0. The minimum absolute atomic E-state index is 0.288. The summed E-state index contributed by atoms with van der Waals surface area (Å²) in [6, 6.07) is 9.30. The Bertz CT molecular complexity index is 420. The van der Waals surface area contributed by atoms with E-state index in [1.807, 2.05) is 19.1 Å². The molecule has 0 saturated carbocycles. The van der Waals surface area contributed by atoms with Gasteiger partial charge in [-0.05, 0) is 31.0 Å². The van der Waals surface area contributed by atoms with Crippen LogP contribution < -0.4 is 0 Å². The van der Waals surface area contributed by atoms with Gasteiger partial charge in [0.05, 0.1) is 18.2 Å². The molecule has 18 heavy (non-hydrogen) atoms. The van der Waals surface area contributed by atoms with Crippen molar-refractivity contribution >= 4 is 6.09 Å².